The molecular formula is C15H28N2O. The Morgan fingerprint density at radius 1 is 1.22 bits per heavy atom. The van der Waals surface area contributed by atoms with E-state index >= 15 is 0 Å². The molecule has 4 unspecified atom stereocenters. The number of rotatable bonds is 2. The quantitative estimate of drug-likeness (QED) is 0.820. The zero-order valence-corrected chi connectivity index (χ0v) is 12.1. The molecule has 2 N–H and O–H groups in total. The van der Waals surface area contributed by atoms with Crippen molar-refractivity contribution in [1.82, 2.24) is 4.90 Å². The summed E-state index contributed by atoms with van der Waals surface area (Å²) in [5.41, 5.74) is 6.21. The van der Waals surface area contributed by atoms with E-state index in [0.717, 1.165) is 25.8 Å². The first kappa shape index (κ1) is 13.9. The highest BCUT2D eigenvalue weighted by molar-refractivity contribution is 5.80. The van der Waals surface area contributed by atoms with Crippen molar-refractivity contribution >= 4 is 5.91 Å². The molecule has 1 aliphatic carbocycles. The minimum Gasteiger partial charge on any atom is -0.339 e. The number of hydrogen-bond donors (Lipinski definition) is 1. The summed E-state index contributed by atoms with van der Waals surface area (Å²) in [7, 11) is 0. The maximum Gasteiger partial charge on any atom is 0.227 e. The standard InChI is InChI=1S/C15H28N2O/c1-10(2)13-8-5-9-17(13)15(18)14-11(3)6-4-7-12(14)16/h10-14H,4-9,16H2,1-3H3. The number of carbonyl (C=O) groups is 1. The normalized spacial score (nSPS) is 37.3. The van der Waals surface area contributed by atoms with Crippen molar-refractivity contribution in [3.8, 4) is 0 Å². The molecule has 0 aromatic heterocycles. The Balaban J connectivity index is 2.09. The molecule has 3 nitrogen and oxygen atoms in total. The van der Waals surface area contributed by atoms with Crippen LogP contribution in [0.2, 0.25) is 0 Å². The molecule has 0 spiro atoms. The molecule has 104 valence electrons. The maximum absolute atomic E-state index is 12.8. The van der Waals surface area contributed by atoms with E-state index in [0.29, 0.717) is 23.8 Å². The van der Waals surface area contributed by atoms with Gasteiger partial charge < -0.3 is 10.6 Å². The van der Waals surface area contributed by atoms with Crippen LogP contribution in [0.15, 0.2) is 0 Å². The van der Waals surface area contributed by atoms with Gasteiger partial charge in [0.25, 0.3) is 0 Å². The van der Waals surface area contributed by atoms with Crippen molar-refractivity contribution in [3.63, 3.8) is 0 Å². The zero-order chi connectivity index (χ0) is 13.3. The van der Waals surface area contributed by atoms with Crippen molar-refractivity contribution in [2.45, 2.75) is 65.0 Å². The van der Waals surface area contributed by atoms with Gasteiger partial charge in [-0.1, -0.05) is 27.2 Å². The Bertz CT molecular complexity index is 293. The van der Waals surface area contributed by atoms with Gasteiger partial charge in [0.15, 0.2) is 0 Å². The second-order valence-corrected chi connectivity index (χ2v) is 6.58. The second-order valence-electron chi connectivity index (χ2n) is 6.58. The van der Waals surface area contributed by atoms with Crippen LogP contribution in [-0.2, 0) is 4.79 Å². The number of carbonyl (C=O) groups excluding carboxylic acids is 1. The monoisotopic (exact) mass is 252 g/mol. The molecular weight excluding hydrogens is 224 g/mol. The van der Waals surface area contributed by atoms with E-state index < -0.39 is 0 Å². The van der Waals surface area contributed by atoms with Crippen molar-refractivity contribution in [3.05, 3.63) is 0 Å². The van der Waals surface area contributed by atoms with Gasteiger partial charge in [-0.3, -0.25) is 4.79 Å². The molecule has 1 aliphatic heterocycles. The molecule has 3 heteroatoms. The minimum atomic E-state index is 0.0677. The second kappa shape index (κ2) is 5.60. The molecule has 18 heavy (non-hydrogen) atoms. The summed E-state index contributed by atoms with van der Waals surface area (Å²) >= 11 is 0. The molecule has 2 aliphatic rings. The van der Waals surface area contributed by atoms with Crippen LogP contribution < -0.4 is 5.73 Å². The molecule has 1 saturated carbocycles. The first-order valence-electron chi connectivity index (χ1n) is 7.58. The molecule has 1 amide bonds. The Labute approximate surface area is 111 Å². The van der Waals surface area contributed by atoms with E-state index in [1.807, 2.05) is 0 Å². The van der Waals surface area contributed by atoms with Crippen LogP contribution in [0.25, 0.3) is 0 Å². The Hall–Kier alpha value is -0.570. The summed E-state index contributed by atoms with van der Waals surface area (Å²) in [5.74, 6) is 1.42. The molecule has 0 aromatic rings. The maximum atomic E-state index is 12.8. The van der Waals surface area contributed by atoms with Crippen molar-refractivity contribution in [1.29, 1.82) is 0 Å². The van der Waals surface area contributed by atoms with E-state index in [-0.39, 0.29) is 12.0 Å². The van der Waals surface area contributed by atoms with Gasteiger partial charge in [0.1, 0.15) is 0 Å². The van der Waals surface area contributed by atoms with Gasteiger partial charge in [0.05, 0.1) is 5.92 Å². The fourth-order valence-corrected chi connectivity index (χ4v) is 3.83. The lowest BCUT2D eigenvalue weighted by atomic mass is 9.76. The summed E-state index contributed by atoms with van der Waals surface area (Å²) in [6.07, 6.45) is 5.68. The SMILES string of the molecule is CC(C)C1CCCN1C(=O)C1C(C)CCCC1N. The summed E-state index contributed by atoms with van der Waals surface area (Å²) in [6, 6.07) is 0.522. The fourth-order valence-electron chi connectivity index (χ4n) is 3.83. The molecule has 1 saturated heterocycles. The summed E-state index contributed by atoms with van der Waals surface area (Å²) < 4.78 is 0. The highest BCUT2D eigenvalue weighted by atomic mass is 16.2. The topological polar surface area (TPSA) is 46.3 Å². The van der Waals surface area contributed by atoms with Gasteiger partial charge in [-0.05, 0) is 37.5 Å². The van der Waals surface area contributed by atoms with Crippen LogP contribution in [0.1, 0.15) is 52.9 Å². The van der Waals surface area contributed by atoms with E-state index in [1.165, 1.54) is 12.8 Å². The lowest BCUT2D eigenvalue weighted by Crippen LogP contribution is -2.51. The summed E-state index contributed by atoms with van der Waals surface area (Å²) in [5, 5.41) is 0. The Morgan fingerprint density at radius 3 is 2.56 bits per heavy atom. The number of likely N-dealkylation sites (tertiary alicyclic amines) is 1. The molecule has 0 bridgehead atoms. The molecule has 0 radical (unpaired) electrons. The smallest absolute Gasteiger partial charge is 0.227 e. The minimum absolute atomic E-state index is 0.0677. The third-order valence-electron chi connectivity index (χ3n) is 4.91. The number of nitrogens with two attached hydrogens (primary N) is 1. The molecule has 1 heterocycles. The molecule has 0 aromatic carbocycles. The van der Waals surface area contributed by atoms with E-state index in [9.17, 15) is 4.79 Å². The van der Waals surface area contributed by atoms with Crippen LogP contribution in [0.4, 0.5) is 0 Å². The van der Waals surface area contributed by atoms with E-state index in [1.54, 1.807) is 0 Å². The van der Waals surface area contributed by atoms with Crippen LogP contribution in [0.5, 0.6) is 0 Å². The van der Waals surface area contributed by atoms with Gasteiger partial charge in [-0.2, -0.15) is 0 Å². The predicted octanol–water partition coefficient (Wildman–Crippen LogP) is 2.40. The highest BCUT2D eigenvalue weighted by Gasteiger charge is 2.40. The van der Waals surface area contributed by atoms with Crippen molar-refractivity contribution in [2.24, 2.45) is 23.5 Å². The first-order chi connectivity index (χ1) is 8.52. The van der Waals surface area contributed by atoms with Crippen molar-refractivity contribution < 1.29 is 4.79 Å². The average molecular weight is 252 g/mol. The zero-order valence-electron chi connectivity index (χ0n) is 12.1. The number of hydrogen-bond acceptors (Lipinski definition) is 2. The van der Waals surface area contributed by atoms with Crippen LogP contribution >= 0.6 is 0 Å². The van der Waals surface area contributed by atoms with Crippen LogP contribution in [0.3, 0.4) is 0 Å². The molecule has 4 atom stereocenters. The summed E-state index contributed by atoms with van der Waals surface area (Å²) in [4.78, 5) is 14.9. The lowest BCUT2D eigenvalue weighted by molar-refractivity contribution is -0.140. The van der Waals surface area contributed by atoms with Crippen LogP contribution in [-0.4, -0.2) is 29.4 Å². The van der Waals surface area contributed by atoms with Gasteiger partial charge in [-0.15, -0.1) is 0 Å². The van der Waals surface area contributed by atoms with Gasteiger partial charge >= 0.3 is 0 Å². The predicted molar refractivity (Wildman–Crippen MR) is 74.1 cm³/mol. The summed E-state index contributed by atoms with van der Waals surface area (Å²) in [6.45, 7) is 7.58. The molecule has 2 rings (SSSR count). The van der Waals surface area contributed by atoms with Crippen LogP contribution in [0, 0.1) is 17.8 Å². The Morgan fingerprint density at radius 2 is 1.94 bits per heavy atom. The number of nitrogens with zero attached hydrogens (tertiary/aromatic N) is 1. The Kier molecular flexibility index (Phi) is 4.31. The van der Waals surface area contributed by atoms with E-state index in [2.05, 4.69) is 25.7 Å². The highest BCUT2D eigenvalue weighted by Crippen LogP contribution is 2.33. The van der Waals surface area contributed by atoms with Gasteiger partial charge in [-0.25, -0.2) is 0 Å². The van der Waals surface area contributed by atoms with Gasteiger partial charge in [0.2, 0.25) is 5.91 Å². The van der Waals surface area contributed by atoms with E-state index in [4.69, 9.17) is 5.73 Å². The lowest BCUT2D eigenvalue weighted by Gasteiger charge is -2.38. The first-order valence-corrected chi connectivity index (χ1v) is 7.58. The largest absolute Gasteiger partial charge is 0.339 e. The number of amides is 1. The average Bonchev–Trinajstić information content (AvgIpc) is 2.77. The molecule has 2 fully saturated rings. The fraction of sp³-hybridized carbons (Fsp3) is 0.933. The van der Waals surface area contributed by atoms with Gasteiger partial charge in [0, 0.05) is 18.6 Å². The van der Waals surface area contributed by atoms with Crippen molar-refractivity contribution in [2.75, 3.05) is 6.54 Å². The third-order valence-corrected chi connectivity index (χ3v) is 4.91. The third kappa shape index (κ3) is 2.56.